The van der Waals surface area contributed by atoms with Gasteiger partial charge in [-0.2, -0.15) is 4.98 Å². The second-order valence-electron chi connectivity index (χ2n) is 3.12. The normalized spacial score (nSPS) is 10.2. The van der Waals surface area contributed by atoms with Crippen LogP contribution in [0.15, 0.2) is 22.7 Å². The van der Waals surface area contributed by atoms with Crippen molar-refractivity contribution in [3.8, 4) is 0 Å². The van der Waals surface area contributed by atoms with E-state index in [-0.39, 0.29) is 11.8 Å². The summed E-state index contributed by atoms with van der Waals surface area (Å²) in [5.41, 5.74) is 5.88. The third-order valence-electron chi connectivity index (χ3n) is 1.90. The predicted octanol–water partition coefficient (Wildman–Crippen LogP) is 2.06. The third kappa shape index (κ3) is 2.75. The number of nitrogens with one attached hydrogen (secondary N) is 2. The Labute approximate surface area is 110 Å². The van der Waals surface area contributed by atoms with Crippen molar-refractivity contribution in [2.75, 3.05) is 11.1 Å². The fourth-order valence-electron chi connectivity index (χ4n) is 1.15. The zero-order valence-electron chi connectivity index (χ0n) is 8.37. The summed E-state index contributed by atoms with van der Waals surface area (Å²) in [6.07, 6.45) is 0. The van der Waals surface area contributed by atoms with Gasteiger partial charge in [-0.25, -0.2) is 0 Å². The van der Waals surface area contributed by atoms with Crippen molar-refractivity contribution in [2.24, 2.45) is 0 Å². The van der Waals surface area contributed by atoms with E-state index in [4.69, 9.17) is 17.3 Å². The van der Waals surface area contributed by atoms with Gasteiger partial charge in [-0.15, -0.1) is 5.10 Å². The SMILES string of the molecule is Nc1n[nH]c(C(=O)Nc2ccc(Cl)cc2Br)n1. The molecular formula is C9H7BrClN5O. The predicted molar refractivity (Wildman–Crippen MR) is 67.9 cm³/mol. The Hall–Kier alpha value is -1.60. The maximum Gasteiger partial charge on any atom is 0.293 e. The number of halogens is 2. The van der Waals surface area contributed by atoms with E-state index in [1.807, 2.05) is 0 Å². The summed E-state index contributed by atoms with van der Waals surface area (Å²) in [5.74, 6) is -0.369. The summed E-state index contributed by atoms with van der Waals surface area (Å²) < 4.78 is 0.672. The summed E-state index contributed by atoms with van der Waals surface area (Å²) in [6.45, 7) is 0. The lowest BCUT2D eigenvalue weighted by Crippen LogP contribution is -2.14. The Morgan fingerprint density at radius 1 is 1.53 bits per heavy atom. The molecular weight excluding hydrogens is 309 g/mol. The molecule has 0 saturated carbocycles. The van der Waals surface area contributed by atoms with E-state index in [0.717, 1.165) is 0 Å². The van der Waals surface area contributed by atoms with Crippen molar-refractivity contribution in [3.63, 3.8) is 0 Å². The number of nitrogens with two attached hydrogens (primary N) is 1. The number of aromatic nitrogens is 3. The summed E-state index contributed by atoms with van der Waals surface area (Å²) >= 11 is 9.07. The standard InChI is InChI=1S/C9H7BrClN5O/c10-5-3-4(11)1-2-6(5)13-8(17)7-14-9(12)16-15-7/h1-3H,(H,13,17)(H3,12,14,15,16). The first-order valence-corrected chi connectivity index (χ1v) is 5.67. The molecule has 0 aliphatic carbocycles. The molecule has 6 nitrogen and oxygen atoms in total. The highest BCUT2D eigenvalue weighted by atomic mass is 79.9. The maximum absolute atomic E-state index is 11.7. The van der Waals surface area contributed by atoms with Gasteiger partial charge >= 0.3 is 0 Å². The lowest BCUT2D eigenvalue weighted by molar-refractivity contribution is 0.101. The fourth-order valence-corrected chi connectivity index (χ4v) is 1.93. The summed E-state index contributed by atoms with van der Waals surface area (Å²) in [4.78, 5) is 15.4. The van der Waals surface area contributed by atoms with Gasteiger partial charge in [-0.3, -0.25) is 9.89 Å². The molecule has 0 spiro atoms. The van der Waals surface area contributed by atoms with Crippen LogP contribution in [0.25, 0.3) is 0 Å². The molecule has 88 valence electrons. The topological polar surface area (TPSA) is 96.7 Å². The van der Waals surface area contributed by atoms with E-state index in [2.05, 4.69) is 36.4 Å². The quantitative estimate of drug-likeness (QED) is 0.790. The molecule has 2 rings (SSSR count). The smallest absolute Gasteiger partial charge is 0.293 e. The summed E-state index contributed by atoms with van der Waals surface area (Å²) in [7, 11) is 0. The molecule has 0 aliphatic rings. The van der Waals surface area contributed by atoms with Crippen LogP contribution in [0.5, 0.6) is 0 Å². The van der Waals surface area contributed by atoms with E-state index >= 15 is 0 Å². The Bertz CT molecular complexity index is 570. The fraction of sp³-hybridized carbons (Fsp3) is 0. The Morgan fingerprint density at radius 2 is 2.29 bits per heavy atom. The Balaban J connectivity index is 2.18. The van der Waals surface area contributed by atoms with Crippen LogP contribution in [-0.4, -0.2) is 21.1 Å². The van der Waals surface area contributed by atoms with Gasteiger partial charge in [0.1, 0.15) is 0 Å². The molecule has 0 unspecified atom stereocenters. The average Bonchev–Trinajstić information content (AvgIpc) is 2.69. The minimum absolute atomic E-state index is 0.0188. The molecule has 0 atom stereocenters. The van der Waals surface area contributed by atoms with Gasteiger partial charge in [0.05, 0.1) is 5.69 Å². The number of carbonyl (C=O) groups is 1. The van der Waals surface area contributed by atoms with Crippen molar-refractivity contribution >= 4 is 45.1 Å². The number of aromatic amines is 1. The monoisotopic (exact) mass is 315 g/mol. The van der Waals surface area contributed by atoms with Crippen molar-refractivity contribution < 1.29 is 4.79 Å². The molecule has 0 bridgehead atoms. The molecule has 0 aliphatic heterocycles. The van der Waals surface area contributed by atoms with Crippen LogP contribution in [-0.2, 0) is 0 Å². The molecule has 1 heterocycles. The molecule has 2 aromatic rings. The highest BCUT2D eigenvalue weighted by Gasteiger charge is 2.12. The molecule has 4 N–H and O–H groups in total. The third-order valence-corrected chi connectivity index (χ3v) is 2.79. The number of hydrogen-bond donors (Lipinski definition) is 3. The largest absolute Gasteiger partial charge is 0.366 e. The number of nitrogens with zero attached hydrogens (tertiary/aromatic N) is 2. The van der Waals surface area contributed by atoms with Crippen LogP contribution in [0.1, 0.15) is 10.6 Å². The lowest BCUT2D eigenvalue weighted by atomic mass is 10.3. The average molecular weight is 317 g/mol. The number of H-pyrrole nitrogens is 1. The van der Waals surface area contributed by atoms with E-state index in [0.29, 0.717) is 15.2 Å². The second-order valence-corrected chi connectivity index (χ2v) is 4.41. The zero-order chi connectivity index (χ0) is 12.4. The molecule has 1 aromatic carbocycles. The van der Waals surface area contributed by atoms with Crippen LogP contribution in [0.4, 0.5) is 11.6 Å². The summed E-state index contributed by atoms with van der Waals surface area (Å²) in [6, 6.07) is 5.01. The Morgan fingerprint density at radius 3 is 2.88 bits per heavy atom. The molecule has 8 heteroatoms. The van der Waals surface area contributed by atoms with Gasteiger partial charge in [0.15, 0.2) is 0 Å². The molecule has 17 heavy (non-hydrogen) atoms. The van der Waals surface area contributed by atoms with Gasteiger partial charge < -0.3 is 11.1 Å². The minimum atomic E-state index is -0.433. The van der Waals surface area contributed by atoms with Crippen LogP contribution >= 0.6 is 27.5 Å². The van der Waals surface area contributed by atoms with Gasteiger partial charge in [0, 0.05) is 9.50 Å². The molecule has 0 fully saturated rings. The first-order chi connectivity index (χ1) is 8.06. The number of hydrogen-bond acceptors (Lipinski definition) is 4. The van der Waals surface area contributed by atoms with Crippen molar-refractivity contribution in [3.05, 3.63) is 33.5 Å². The zero-order valence-corrected chi connectivity index (χ0v) is 10.7. The van der Waals surface area contributed by atoms with Crippen molar-refractivity contribution in [2.45, 2.75) is 0 Å². The number of anilines is 2. The van der Waals surface area contributed by atoms with Crippen molar-refractivity contribution in [1.82, 2.24) is 15.2 Å². The van der Waals surface area contributed by atoms with Crippen LogP contribution in [0.2, 0.25) is 5.02 Å². The summed E-state index contributed by atoms with van der Waals surface area (Å²) in [5, 5.41) is 9.18. The van der Waals surface area contributed by atoms with Gasteiger partial charge in [-0.1, -0.05) is 11.6 Å². The maximum atomic E-state index is 11.7. The Kier molecular flexibility index (Phi) is 3.30. The van der Waals surface area contributed by atoms with E-state index in [1.54, 1.807) is 18.2 Å². The van der Waals surface area contributed by atoms with Crippen LogP contribution < -0.4 is 11.1 Å². The molecule has 0 radical (unpaired) electrons. The van der Waals surface area contributed by atoms with E-state index < -0.39 is 5.91 Å². The number of rotatable bonds is 2. The van der Waals surface area contributed by atoms with Crippen molar-refractivity contribution in [1.29, 1.82) is 0 Å². The molecule has 0 saturated heterocycles. The second kappa shape index (κ2) is 4.72. The first-order valence-electron chi connectivity index (χ1n) is 4.50. The number of nitrogen functional groups attached to an aromatic ring is 1. The first kappa shape index (κ1) is 11.9. The number of benzene rings is 1. The van der Waals surface area contributed by atoms with E-state index in [1.165, 1.54) is 0 Å². The van der Waals surface area contributed by atoms with Crippen LogP contribution in [0.3, 0.4) is 0 Å². The molecule has 1 aromatic heterocycles. The highest BCUT2D eigenvalue weighted by molar-refractivity contribution is 9.10. The minimum Gasteiger partial charge on any atom is -0.366 e. The number of amides is 1. The van der Waals surface area contributed by atoms with Gasteiger partial charge in [0.2, 0.25) is 11.8 Å². The molecule has 1 amide bonds. The van der Waals surface area contributed by atoms with E-state index in [9.17, 15) is 4.79 Å². The lowest BCUT2D eigenvalue weighted by Gasteiger charge is -2.05. The highest BCUT2D eigenvalue weighted by Crippen LogP contribution is 2.26. The van der Waals surface area contributed by atoms with Gasteiger partial charge in [-0.05, 0) is 34.1 Å². The van der Waals surface area contributed by atoms with Crippen LogP contribution in [0, 0.1) is 0 Å². The number of carbonyl (C=O) groups excluding carboxylic acids is 1. The van der Waals surface area contributed by atoms with Gasteiger partial charge in [0.25, 0.3) is 5.91 Å².